The smallest absolute Gasteiger partial charge is 0.236 e. The summed E-state index contributed by atoms with van der Waals surface area (Å²) in [5.41, 5.74) is 1.65. The van der Waals surface area contributed by atoms with E-state index in [-0.39, 0.29) is 12.5 Å². The predicted molar refractivity (Wildman–Crippen MR) is 71.6 cm³/mol. The molecule has 2 aromatic rings. The van der Waals surface area contributed by atoms with E-state index in [4.69, 9.17) is 16.0 Å². The molecule has 18 heavy (non-hydrogen) atoms. The Labute approximate surface area is 111 Å². The number of halogens is 1. The highest BCUT2D eigenvalue weighted by Gasteiger charge is 2.12. The quantitative estimate of drug-likeness (QED) is 0.923. The number of carbonyl (C=O) groups excluding carboxylic acids is 1. The number of benzene rings is 1. The number of rotatable bonds is 4. The first-order chi connectivity index (χ1) is 8.59. The fourth-order valence-corrected chi connectivity index (χ4v) is 1.94. The van der Waals surface area contributed by atoms with Gasteiger partial charge in [-0.05, 0) is 17.7 Å². The highest BCUT2D eigenvalue weighted by molar-refractivity contribution is 6.30. The summed E-state index contributed by atoms with van der Waals surface area (Å²) in [6, 6.07) is 7.66. The van der Waals surface area contributed by atoms with Crippen LogP contribution in [0.25, 0.3) is 11.0 Å². The first-order valence-corrected chi connectivity index (χ1v) is 6.04. The molecule has 2 rings (SSSR count). The van der Waals surface area contributed by atoms with Gasteiger partial charge in [-0.2, -0.15) is 0 Å². The van der Waals surface area contributed by atoms with Crippen LogP contribution in [-0.2, 0) is 11.3 Å². The van der Waals surface area contributed by atoms with E-state index in [0.29, 0.717) is 11.8 Å². The van der Waals surface area contributed by atoms with Crippen LogP contribution in [0.4, 0.5) is 0 Å². The topological polar surface area (TPSA) is 45.5 Å². The summed E-state index contributed by atoms with van der Waals surface area (Å²) in [6.45, 7) is 0.790. The van der Waals surface area contributed by atoms with Crippen LogP contribution in [0.15, 0.2) is 28.7 Å². The molecule has 0 fully saturated rings. The van der Waals surface area contributed by atoms with Gasteiger partial charge in [-0.15, -0.1) is 0 Å². The van der Waals surface area contributed by atoms with Gasteiger partial charge in [-0.1, -0.05) is 18.2 Å². The maximum Gasteiger partial charge on any atom is 0.236 e. The molecule has 1 N–H and O–H groups in total. The molecule has 1 heterocycles. The minimum absolute atomic E-state index is 0.0268. The van der Waals surface area contributed by atoms with Gasteiger partial charge in [0.1, 0.15) is 5.58 Å². The minimum Gasteiger partial charge on any atom is -0.444 e. The number of para-hydroxylation sites is 1. The first kappa shape index (κ1) is 12.9. The largest absolute Gasteiger partial charge is 0.444 e. The molecule has 0 unspecified atom stereocenters. The Hall–Kier alpha value is -1.52. The Morgan fingerprint density at radius 3 is 2.83 bits per heavy atom. The van der Waals surface area contributed by atoms with Crippen LogP contribution in [-0.4, -0.2) is 31.4 Å². The van der Waals surface area contributed by atoms with Crippen LogP contribution in [0.2, 0.25) is 5.22 Å². The minimum atomic E-state index is 0.0268. The monoisotopic (exact) mass is 266 g/mol. The summed E-state index contributed by atoms with van der Waals surface area (Å²) in [7, 11) is 3.45. The second kappa shape index (κ2) is 5.42. The number of hydrogen-bond acceptors (Lipinski definition) is 3. The van der Waals surface area contributed by atoms with Gasteiger partial charge in [-0.25, -0.2) is 0 Å². The molecule has 0 saturated heterocycles. The Bertz CT molecular complexity index is 563. The van der Waals surface area contributed by atoms with Crippen molar-refractivity contribution in [2.45, 2.75) is 6.54 Å². The number of likely N-dealkylation sites (N-methyl/N-ethyl adjacent to an activating group) is 1. The standard InChI is InChI=1S/C13H15ClN2O2/c1-16(2)12(17)8-15-7-10-9-5-3-4-6-11(9)18-13(10)14/h3-6,15H,7-8H2,1-2H3. The molecule has 0 spiro atoms. The average Bonchev–Trinajstić information content (AvgIpc) is 2.65. The lowest BCUT2D eigenvalue weighted by molar-refractivity contribution is -0.127. The fraction of sp³-hybridized carbons (Fsp3) is 0.308. The second-order valence-corrected chi connectivity index (χ2v) is 4.59. The molecule has 0 aliphatic carbocycles. The lowest BCUT2D eigenvalue weighted by Crippen LogP contribution is -2.32. The number of amides is 1. The van der Waals surface area contributed by atoms with Gasteiger partial charge in [0.2, 0.25) is 5.91 Å². The number of nitrogens with zero attached hydrogens (tertiary/aromatic N) is 1. The van der Waals surface area contributed by atoms with E-state index in [9.17, 15) is 4.79 Å². The summed E-state index contributed by atoms with van der Waals surface area (Å²) >= 11 is 6.04. The van der Waals surface area contributed by atoms with Gasteiger partial charge in [-0.3, -0.25) is 4.79 Å². The van der Waals surface area contributed by atoms with Gasteiger partial charge in [0.25, 0.3) is 0 Å². The summed E-state index contributed by atoms with van der Waals surface area (Å²) in [6.07, 6.45) is 0. The Balaban J connectivity index is 2.08. The van der Waals surface area contributed by atoms with Crippen molar-refractivity contribution in [3.63, 3.8) is 0 Å². The van der Waals surface area contributed by atoms with Crippen LogP contribution >= 0.6 is 11.6 Å². The van der Waals surface area contributed by atoms with Crippen molar-refractivity contribution in [2.75, 3.05) is 20.6 Å². The molecular weight excluding hydrogens is 252 g/mol. The predicted octanol–water partition coefficient (Wildman–Crippen LogP) is 2.26. The highest BCUT2D eigenvalue weighted by Crippen LogP contribution is 2.29. The van der Waals surface area contributed by atoms with Gasteiger partial charge >= 0.3 is 0 Å². The van der Waals surface area contributed by atoms with Crippen molar-refractivity contribution in [3.8, 4) is 0 Å². The van der Waals surface area contributed by atoms with E-state index >= 15 is 0 Å². The van der Waals surface area contributed by atoms with Crippen LogP contribution in [0, 0.1) is 0 Å². The fourth-order valence-electron chi connectivity index (χ4n) is 1.69. The Kier molecular flexibility index (Phi) is 3.89. The highest BCUT2D eigenvalue weighted by atomic mass is 35.5. The molecule has 0 aliphatic heterocycles. The number of furan rings is 1. The average molecular weight is 267 g/mol. The molecule has 1 amide bonds. The molecular formula is C13H15ClN2O2. The molecule has 0 saturated carbocycles. The zero-order valence-electron chi connectivity index (χ0n) is 10.4. The molecule has 0 atom stereocenters. The van der Waals surface area contributed by atoms with Crippen LogP contribution in [0.1, 0.15) is 5.56 Å². The Morgan fingerprint density at radius 2 is 2.11 bits per heavy atom. The van der Waals surface area contributed by atoms with E-state index in [1.54, 1.807) is 19.0 Å². The number of carbonyl (C=O) groups is 1. The normalized spacial score (nSPS) is 10.8. The SMILES string of the molecule is CN(C)C(=O)CNCc1c(Cl)oc2ccccc12. The van der Waals surface area contributed by atoms with Crippen molar-refractivity contribution in [2.24, 2.45) is 0 Å². The molecule has 5 heteroatoms. The molecule has 1 aromatic heterocycles. The second-order valence-electron chi connectivity index (χ2n) is 4.24. The third-order valence-electron chi connectivity index (χ3n) is 2.73. The molecule has 4 nitrogen and oxygen atoms in total. The zero-order chi connectivity index (χ0) is 13.1. The van der Waals surface area contributed by atoms with Gasteiger partial charge in [0, 0.05) is 31.6 Å². The van der Waals surface area contributed by atoms with Gasteiger partial charge < -0.3 is 14.6 Å². The van der Waals surface area contributed by atoms with Crippen molar-refractivity contribution in [3.05, 3.63) is 35.0 Å². The van der Waals surface area contributed by atoms with Crippen molar-refractivity contribution >= 4 is 28.5 Å². The van der Waals surface area contributed by atoms with Crippen molar-refractivity contribution < 1.29 is 9.21 Å². The summed E-state index contributed by atoms with van der Waals surface area (Å²) in [5.74, 6) is 0.0268. The maximum absolute atomic E-state index is 11.4. The van der Waals surface area contributed by atoms with Crippen LogP contribution in [0.3, 0.4) is 0 Å². The maximum atomic E-state index is 11.4. The van der Waals surface area contributed by atoms with Crippen molar-refractivity contribution in [1.82, 2.24) is 10.2 Å². The van der Waals surface area contributed by atoms with E-state index < -0.39 is 0 Å². The summed E-state index contributed by atoms with van der Waals surface area (Å²) < 4.78 is 5.43. The lowest BCUT2D eigenvalue weighted by atomic mass is 10.2. The third-order valence-corrected chi connectivity index (χ3v) is 3.03. The van der Waals surface area contributed by atoms with Gasteiger partial charge in [0.15, 0.2) is 5.22 Å². The molecule has 0 bridgehead atoms. The molecule has 0 aliphatic rings. The van der Waals surface area contributed by atoms with Crippen molar-refractivity contribution in [1.29, 1.82) is 0 Å². The molecule has 96 valence electrons. The summed E-state index contributed by atoms with van der Waals surface area (Å²) in [5, 5.41) is 4.42. The van der Waals surface area contributed by atoms with E-state index in [2.05, 4.69) is 5.32 Å². The third kappa shape index (κ3) is 2.66. The lowest BCUT2D eigenvalue weighted by Gasteiger charge is -2.10. The molecule has 0 radical (unpaired) electrons. The summed E-state index contributed by atoms with van der Waals surface area (Å²) in [4.78, 5) is 13.0. The first-order valence-electron chi connectivity index (χ1n) is 5.66. The van der Waals surface area contributed by atoms with Gasteiger partial charge in [0.05, 0.1) is 6.54 Å². The number of hydrogen-bond donors (Lipinski definition) is 1. The number of nitrogens with one attached hydrogen (secondary N) is 1. The van der Waals surface area contributed by atoms with E-state index in [1.165, 1.54) is 0 Å². The zero-order valence-corrected chi connectivity index (χ0v) is 11.1. The van der Waals surface area contributed by atoms with Crippen LogP contribution < -0.4 is 5.32 Å². The van der Waals surface area contributed by atoms with Crippen LogP contribution in [0.5, 0.6) is 0 Å². The molecule has 1 aromatic carbocycles. The Morgan fingerprint density at radius 1 is 1.39 bits per heavy atom. The van der Waals surface area contributed by atoms with E-state index in [1.807, 2.05) is 24.3 Å². The van der Waals surface area contributed by atoms with E-state index in [0.717, 1.165) is 16.5 Å². The number of fused-ring (bicyclic) bond motifs is 1.